The number of amides is 1. The second kappa shape index (κ2) is 7.74. The Morgan fingerprint density at radius 3 is 2.76 bits per heavy atom. The predicted molar refractivity (Wildman–Crippen MR) is 88.2 cm³/mol. The van der Waals surface area contributed by atoms with E-state index in [9.17, 15) is 4.79 Å². The first kappa shape index (κ1) is 15.4. The number of thioether (sulfide) groups is 1. The van der Waals surface area contributed by atoms with Crippen molar-refractivity contribution in [2.75, 3.05) is 18.2 Å². The molecule has 1 N–H and O–H groups in total. The summed E-state index contributed by atoms with van der Waals surface area (Å²) in [5.74, 6) is 0.618. The van der Waals surface area contributed by atoms with Crippen molar-refractivity contribution in [3.8, 4) is 5.75 Å². The molecule has 0 bridgehead atoms. The highest BCUT2D eigenvalue weighted by molar-refractivity contribution is 7.98. The number of rotatable bonds is 6. The Labute approximate surface area is 129 Å². The van der Waals surface area contributed by atoms with Gasteiger partial charge in [0, 0.05) is 10.6 Å². The average Bonchev–Trinajstić information content (AvgIpc) is 2.53. The second-order valence-electron chi connectivity index (χ2n) is 4.53. The lowest BCUT2D eigenvalue weighted by Crippen LogP contribution is -2.20. The minimum Gasteiger partial charge on any atom is -0.483 e. The highest BCUT2D eigenvalue weighted by Gasteiger charge is 2.06. The molecule has 110 valence electrons. The van der Waals surface area contributed by atoms with Gasteiger partial charge in [-0.05, 0) is 42.5 Å². The Balaban J connectivity index is 1.92. The normalized spacial score (nSPS) is 10.2. The smallest absolute Gasteiger partial charge is 0.262 e. The van der Waals surface area contributed by atoms with Crippen molar-refractivity contribution in [2.24, 2.45) is 0 Å². The molecule has 0 heterocycles. The van der Waals surface area contributed by atoms with Crippen molar-refractivity contribution in [1.29, 1.82) is 0 Å². The first-order valence-electron chi connectivity index (χ1n) is 6.87. The number of hydrogen-bond donors (Lipinski definition) is 1. The summed E-state index contributed by atoms with van der Waals surface area (Å²) in [6.07, 6.45) is 2.89. The standard InChI is InChI=1S/C17H19NO2S/c1-3-13-7-4-5-10-16(13)20-12-17(19)18-14-8-6-9-15(11-14)21-2/h4-11H,3,12H2,1-2H3,(H,18,19). The lowest BCUT2D eigenvalue weighted by atomic mass is 10.1. The van der Waals surface area contributed by atoms with Gasteiger partial charge in [-0.1, -0.05) is 31.2 Å². The van der Waals surface area contributed by atoms with Gasteiger partial charge in [0.2, 0.25) is 0 Å². The molecule has 21 heavy (non-hydrogen) atoms. The fourth-order valence-electron chi connectivity index (χ4n) is 1.98. The van der Waals surface area contributed by atoms with E-state index in [1.165, 1.54) is 0 Å². The van der Waals surface area contributed by atoms with Gasteiger partial charge in [0.25, 0.3) is 5.91 Å². The quantitative estimate of drug-likeness (QED) is 0.820. The maximum atomic E-state index is 11.9. The monoisotopic (exact) mass is 301 g/mol. The van der Waals surface area contributed by atoms with Crippen molar-refractivity contribution >= 4 is 23.4 Å². The lowest BCUT2D eigenvalue weighted by molar-refractivity contribution is -0.118. The van der Waals surface area contributed by atoms with E-state index >= 15 is 0 Å². The van der Waals surface area contributed by atoms with E-state index < -0.39 is 0 Å². The molecule has 3 nitrogen and oxygen atoms in total. The minimum absolute atomic E-state index is 0.0144. The number of anilines is 1. The fraction of sp³-hybridized carbons (Fsp3) is 0.235. The maximum Gasteiger partial charge on any atom is 0.262 e. The van der Waals surface area contributed by atoms with Gasteiger partial charge in [-0.15, -0.1) is 11.8 Å². The number of carbonyl (C=O) groups excluding carboxylic acids is 1. The van der Waals surface area contributed by atoms with E-state index in [4.69, 9.17) is 4.74 Å². The molecule has 2 rings (SSSR count). The third kappa shape index (κ3) is 4.53. The summed E-state index contributed by atoms with van der Waals surface area (Å²) < 4.78 is 5.60. The maximum absolute atomic E-state index is 11.9. The van der Waals surface area contributed by atoms with Crippen molar-refractivity contribution in [3.63, 3.8) is 0 Å². The Bertz CT molecular complexity index is 613. The summed E-state index contributed by atoms with van der Waals surface area (Å²) in [6.45, 7) is 2.08. The molecule has 4 heteroatoms. The molecule has 0 fully saturated rings. The van der Waals surface area contributed by atoms with E-state index in [1.54, 1.807) is 11.8 Å². The highest BCUT2D eigenvalue weighted by atomic mass is 32.2. The molecule has 0 aromatic heterocycles. The molecule has 2 aromatic rings. The molecule has 2 aromatic carbocycles. The van der Waals surface area contributed by atoms with E-state index in [1.807, 2.05) is 54.8 Å². The number of carbonyl (C=O) groups is 1. The van der Waals surface area contributed by atoms with E-state index in [0.29, 0.717) is 0 Å². The zero-order chi connectivity index (χ0) is 15.1. The number of hydrogen-bond acceptors (Lipinski definition) is 3. The average molecular weight is 301 g/mol. The zero-order valence-corrected chi connectivity index (χ0v) is 13.1. The lowest BCUT2D eigenvalue weighted by Gasteiger charge is -2.11. The molecule has 0 aliphatic heterocycles. The zero-order valence-electron chi connectivity index (χ0n) is 12.3. The van der Waals surface area contributed by atoms with Crippen LogP contribution in [0.1, 0.15) is 12.5 Å². The number of benzene rings is 2. The molecule has 0 atom stereocenters. The predicted octanol–water partition coefficient (Wildman–Crippen LogP) is 3.99. The summed E-state index contributed by atoms with van der Waals surface area (Å²) in [5, 5.41) is 2.85. The molecule has 0 spiro atoms. The molecule has 1 amide bonds. The van der Waals surface area contributed by atoms with Crippen LogP contribution in [0.2, 0.25) is 0 Å². The van der Waals surface area contributed by atoms with Crippen LogP contribution < -0.4 is 10.1 Å². The van der Waals surface area contributed by atoms with Crippen LogP contribution in [0.3, 0.4) is 0 Å². The third-order valence-corrected chi connectivity index (χ3v) is 3.79. The van der Waals surface area contributed by atoms with Crippen LogP contribution in [0, 0.1) is 0 Å². The molecular weight excluding hydrogens is 282 g/mol. The van der Waals surface area contributed by atoms with Crippen LogP contribution in [-0.4, -0.2) is 18.8 Å². The first-order valence-corrected chi connectivity index (χ1v) is 8.10. The van der Waals surface area contributed by atoms with Gasteiger partial charge in [-0.3, -0.25) is 4.79 Å². The van der Waals surface area contributed by atoms with Crippen molar-refractivity contribution < 1.29 is 9.53 Å². The summed E-state index contributed by atoms with van der Waals surface area (Å²) in [5.41, 5.74) is 1.90. The Morgan fingerprint density at radius 2 is 2.00 bits per heavy atom. The topological polar surface area (TPSA) is 38.3 Å². The molecule has 0 unspecified atom stereocenters. The summed E-state index contributed by atoms with van der Waals surface area (Å²) >= 11 is 1.64. The van der Waals surface area contributed by atoms with Crippen molar-refractivity contribution in [2.45, 2.75) is 18.2 Å². The molecule has 0 aliphatic rings. The van der Waals surface area contributed by atoms with Crippen molar-refractivity contribution in [1.82, 2.24) is 0 Å². The Morgan fingerprint density at radius 1 is 1.19 bits per heavy atom. The largest absolute Gasteiger partial charge is 0.483 e. The number of para-hydroxylation sites is 1. The number of ether oxygens (including phenoxy) is 1. The van der Waals surface area contributed by atoms with E-state index in [2.05, 4.69) is 12.2 Å². The fourth-order valence-corrected chi connectivity index (χ4v) is 2.44. The van der Waals surface area contributed by atoms with Gasteiger partial charge in [-0.2, -0.15) is 0 Å². The Hall–Kier alpha value is -1.94. The van der Waals surface area contributed by atoms with E-state index in [-0.39, 0.29) is 12.5 Å². The van der Waals surface area contributed by atoms with Gasteiger partial charge >= 0.3 is 0 Å². The number of nitrogens with one attached hydrogen (secondary N) is 1. The molecule has 0 saturated heterocycles. The third-order valence-electron chi connectivity index (χ3n) is 3.07. The van der Waals surface area contributed by atoms with Crippen LogP contribution >= 0.6 is 11.8 Å². The van der Waals surface area contributed by atoms with Gasteiger partial charge in [0.15, 0.2) is 6.61 Å². The van der Waals surface area contributed by atoms with Crippen LogP contribution in [0.4, 0.5) is 5.69 Å². The van der Waals surface area contributed by atoms with Gasteiger partial charge < -0.3 is 10.1 Å². The van der Waals surface area contributed by atoms with Crippen LogP contribution in [-0.2, 0) is 11.2 Å². The summed E-state index contributed by atoms with van der Waals surface area (Å²) in [7, 11) is 0. The highest BCUT2D eigenvalue weighted by Crippen LogP contribution is 2.20. The van der Waals surface area contributed by atoms with Crippen LogP contribution in [0.15, 0.2) is 53.4 Å². The molecular formula is C17H19NO2S. The Kier molecular flexibility index (Phi) is 5.69. The van der Waals surface area contributed by atoms with Crippen LogP contribution in [0.5, 0.6) is 5.75 Å². The number of aryl methyl sites for hydroxylation is 1. The van der Waals surface area contributed by atoms with Crippen molar-refractivity contribution in [3.05, 3.63) is 54.1 Å². The molecule has 0 aliphatic carbocycles. The molecule has 0 radical (unpaired) electrons. The SMILES string of the molecule is CCc1ccccc1OCC(=O)Nc1cccc(SC)c1. The van der Waals surface area contributed by atoms with Gasteiger partial charge in [-0.25, -0.2) is 0 Å². The molecule has 0 saturated carbocycles. The summed E-state index contributed by atoms with van der Waals surface area (Å²) in [4.78, 5) is 13.1. The second-order valence-corrected chi connectivity index (χ2v) is 5.41. The first-order chi connectivity index (χ1) is 10.2. The van der Waals surface area contributed by atoms with E-state index in [0.717, 1.165) is 28.3 Å². The van der Waals surface area contributed by atoms with Gasteiger partial charge in [0.1, 0.15) is 5.75 Å². The van der Waals surface area contributed by atoms with Gasteiger partial charge in [0.05, 0.1) is 0 Å². The minimum atomic E-state index is -0.154. The summed E-state index contributed by atoms with van der Waals surface area (Å²) in [6, 6.07) is 15.5. The van der Waals surface area contributed by atoms with Crippen LogP contribution in [0.25, 0.3) is 0 Å².